The van der Waals surface area contributed by atoms with Crippen molar-refractivity contribution in [1.82, 2.24) is 0 Å². The van der Waals surface area contributed by atoms with Crippen molar-refractivity contribution in [1.29, 1.82) is 0 Å². The largest absolute Gasteiger partial charge is 0.330 e. The predicted molar refractivity (Wildman–Crippen MR) is 28.1 cm³/mol. The first kappa shape index (κ1) is 10.9. The van der Waals surface area contributed by atoms with Gasteiger partial charge in [0.25, 0.3) is 0 Å². The molecule has 0 aliphatic carbocycles. The number of rotatable bonds is 4. The van der Waals surface area contributed by atoms with Gasteiger partial charge in [-0.05, 0) is 0 Å². The molecule has 1 N–H and O–H groups in total. The summed E-state index contributed by atoms with van der Waals surface area (Å²) in [6.07, 6.45) is -3.89. The van der Waals surface area contributed by atoms with Crippen LogP contribution in [0.4, 0.5) is 17.6 Å². The van der Waals surface area contributed by atoms with Crippen molar-refractivity contribution in [3.05, 3.63) is 0 Å². The minimum Gasteiger partial charge on any atom is -0.326 e. The summed E-state index contributed by atoms with van der Waals surface area (Å²) in [6.45, 7) is -1.74. The third kappa shape index (κ3) is 4.34. The van der Waals surface area contributed by atoms with Crippen molar-refractivity contribution in [2.24, 2.45) is 0 Å². The smallest absolute Gasteiger partial charge is 0.326 e. The second kappa shape index (κ2) is 4.04. The van der Waals surface area contributed by atoms with Gasteiger partial charge in [0.1, 0.15) is 6.61 Å². The molecule has 0 aromatic carbocycles. The van der Waals surface area contributed by atoms with E-state index in [9.17, 15) is 22.1 Å². The first-order valence-electron chi connectivity index (χ1n) is 2.38. The van der Waals surface area contributed by atoms with Crippen LogP contribution >= 0.6 is 8.25 Å². The zero-order valence-corrected chi connectivity index (χ0v) is 6.06. The molecule has 0 radical (unpaired) electrons. The topological polar surface area (TPSA) is 46.5 Å². The summed E-state index contributed by atoms with van der Waals surface area (Å²) in [5, 5.41) is 0. The summed E-state index contributed by atoms with van der Waals surface area (Å²) in [4.78, 5) is 7.84. The molecular weight excluding hydrogens is 191 g/mol. The van der Waals surface area contributed by atoms with E-state index >= 15 is 0 Å². The lowest BCUT2D eigenvalue weighted by atomic mass is 10.4. The van der Waals surface area contributed by atoms with E-state index in [0.29, 0.717) is 0 Å². The molecule has 11 heavy (non-hydrogen) atoms. The van der Waals surface area contributed by atoms with Crippen LogP contribution in [0.25, 0.3) is 0 Å². The molecule has 0 aromatic rings. The fourth-order valence-corrected chi connectivity index (χ4v) is 0.537. The molecule has 0 rings (SSSR count). The maximum Gasteiger partial charge on any atom is 0.330 e. The van der Waals surface area contributed by atoms with Gasteiger partial charge in [0.15, 0.2) is 0 Å². The molecule has 68 valence electrons. The molecule has 0 fully saturated rings. The molecule has 0 amide bonds. The van der Waals surface area contributed by atoms with Gasteiger partial charge in [0, 0.05) is 0 Å². The monoisotopic (exact) mass is 196 g/mol. The first-order valence-corrected chi connectivity index (χ1v) is 3.64. The Morgan fingerprint density at radius 3 is 2.27 bits per heavy atom. The Hall–Kier alpha value is -0.130. The Bertz CT molecular complexity index is 150. The van der Waals surface area contributed by atoms with E-state index in [1.54, 1.807) is 0 Å². The van der Waals surface area contributed by atoms with E-state index in [-0.39, 0.29) is 0 Å². The lowest BCUT2D eigenvalue weighted by molar-refractivity contribution is -0.148. The van der Waals surface area contributed by atoms with Gasteiger partial charge in [0.2, 0.25) is 0 Å². The van der Waals surface area contributed by atoms with Crippen molar-refractivity contribution in [2.75, 3.05) is 6.61 Å². The average Bonchev–Trinajstić information content (AvgIpc) is 1.84. The summed E-state index contributed by atoms with van der Waals surface area (Å²) >= 11 is 0. The molecule has 1 unspecified atom stereocenters. The zero-order chi connectivity index (χ0) is 9.07. The minimum absolute atomic E-state index is 1.74. The summed E-state index contributed by atoms with van der Waals surface area (Å²) in [6, 6.07) is 0. The lowest BCUT2D eigenvalue weighted by Gasteiger charge is -2.13. The summed E-state index contributed by atoms with van der Waals surface area (Å²) in [7, 11) is -3.56. The van der Waals surface area contributed by atoms with E-state index < -0.39 is 27.2 Å². The van der Waals surface area contributed by atoms with Crippen LogP contribution in [0.5, 0.6) is 0 Å². The SMILES string of the molecule is O=[PH](O)OCC(F)(F)C(F)F. The van der Waals surface area contributed by atoms with Gasteiger partial charge in [-0.15, -0.1) is 0 Å². The zero-order valence-electron chi connectivity index (χ0n) is 5.06. The van der Waals surface area contributed by atoms with Gasteiger partial charge in [-0.2, -0.15) is 8.78 Å². The third-order valence-electron chi connectivity index (χ3n) is 0.707. The Kier molecular flexibility index (Phi) is 3.99. The molecule has 8 heteroatoms. The van der Waals surface area contributed by atoms with Gasteiger partial charge < -0.3 is 9.42 Å². The van der Waals surface area contributed by atoms with Crippen LogP contribution in [0.2, 0.25) is 0 Å². The van der Waals surface area contributed by atoms with E-state index in [1.165, 1.54) is 0 Å². The highest BCUT2D eigenvalue weighted by Gasteiger charge is 2.41. The second-order valence-corrected chi connectivity index (χ2v) is 2.44. The van der Waals surface area contributed by atoms with Gasteiger partial charge >= 0.3 is 20.6 Å². The molecule has 0 bridgehead atoms. The minimum atomic E-state index is -4.36. The fourth-order valence-electron chi connectivity index (χ4n) is 0.221. The van der Waals surface area contributed by atoms with Crippen LogP contribution in [0.3, 0.4) is 0 Å². The van der Waals surface area contributed by atoms with Gasteiger partial charge in [-0.1, -0.05) is 0 Å². The van der Waals surface area contributed by atoms with Crippen LogP contribution in [0.15, 0.2) is 0 Å². The van der Waals surface area contributed by atoms with Gasteiger partial charge in [-0.25, -0.2) is 8.78 Å². The highest BCUT2D eigenvalue weighted by atomic mass is 31.1. The van der Waals surface area contributed by atoms with Crippen LogP contribution in [-0.2, 0) is 9.09 Å². The molecule has 0 spiro atoms. The molecular formula is C3H5F4O3P. The summed E-state index contributed by atoms with van der Waals surface area (Å²) in [5.41, 5.74) is 0. The maximum absolute atomic E-state index is 11.8. The highest BCUT2D eigenvalue weighted by molar-refractivity contribution is 7.32. The van der Waals surface area contributed by atoms with Crippen LogP contribution < -0.4 is 0 Å². The normalized spacial score (nSPS) is 15.5. The van der Waals surface area contributed by atoms with Crippen molar-refractivity contribution in [3.8, 4) is 0 Å². The van der Waals surface area contributed by atoms with Crippen LogP contribution in [0.1, 0.15) is 0 Å². The quantitative estimate of drug-likeness (QED) is 0.544. The van der Waals surface area contributed by atoms with Crippen molar-refractivity contribution in [2.45, 2.75) is 12.3 Å². The standard InChI is InChI=1S/C3H5F4O3P/c4-2(5)3(6,7)1-10-11(8)9/h2,11H,1H2,(H,8,9). The number of hydrogen-bond acceptors (Lipinski definition) is 2. The van der Waals surface area contributed by atoms with Crippen LogP contribution in [-0.4, -0.2) is 23.8 Å². The van der Waals surface area contributed by atoms with E-state index in [4.69, 9.17) is 4.89 Å². The van der Waals surface area contributed by atoms with Gasteiger partial charge in [0.05, 0.1) is 0 Å². The van der Waals surface area contributed by atoms with Crippen molar-refractivity contribution in [3.63, 3.8) is 0 Å². The number of halogens is 4. The Labute approximate surface area is 59.9 Å². The Morgan fingerprint density at radius 1 is 1.55 bits per heavy atom. The highest BCUT2D eigenvalue weighted by Crippen LogP contribution is 2.27. The molecule has 0 saturated carbocycles. The average molecular weight is 196 g/mol. The fraction of sp³-hybridized carbons (Fsp3) is 1.00. The van der Waals surface area contributed by atoms with E-state index in [1.807, 2.05) is 0 Å². The molecule has 1 atom stereocenters. The summed E-state index contributed by atoms with van der Waals surface area (Å²) < 4.78 is 59.2. The molecule has 0 saturated heterocycles. The van der Waals surface area contributed by atoms with Crippen molar-refractivity contribution >= 4 is 8.25 Å². The van der Waals surface area contributed by atoms with Gasteiger partial charge in [-0.3, -0.25) is 4.57 Å². The Morgan fingerprint density at radius 2 is 2.00 bits per heavy atom. The third-order valence-corrected chi connectivity index (χ3v) is 1.10. The predicted octanol–water partition coefficient (Wildman–Crippen LogP) is 1.29. The molecule has 0 heterocycles. The van der Waals surface area contributed by atoms with E-state index in [0.717, 1.165) is 0 Å². The molecule has 0 aliphatic heterocycles. The Balaban J connectivity index is 3.82. The second-order valence-electron chi connectivity index (χ2n) is 1.62. The summed E-state index contributed by atoms with van der Waals surface area (Å²) in [5.74, 6) is -4.36. The maximum atomic E-state index is 11.8. The molecule has 3 nitrogen and oxygen atoms in total. The van der Waals surface area contributed by atoms with Crippen LogP contribution in [0, 0.1) is 0 Å². The van der Waals surface area contributed by atoms with E-state index in [2.05, 4.69) is 4.52 Å². The lowest BCUT2D eigenvalue weighted by Crippen LogP contribution is -2.31. The first-order chi connectivity index (χ1) is 4.86. The molecule has 0 aromatic heterocycles. The number of hydrogen-bond donors (Lipinski definition) is 1. The van der Waals surface area contributed by atoms with Crippen molar-refractivity contribution < 1.29 is 31.5 Å². The molecule has 0 aliphatic rings. The number of alkyl halides is 4.